The van der Waals surface area contributed by atoms with Crippen LogP contribution in [0.4, 0.5) is 0 Å². The molecule has 2 rings (SSSR count). The molecular formula is C30H52N6O17. The Morgan fingerprint density at radius 3 is 0.981 bits per heavy atom. The van der Waals surface area contributed by atoms with Crippen LogP contribution < -0.4 is 0 Å². The van der Waals surface area contributed by atoms with Gasteiger partial charge in [0.25, 0.3) is 0 Å². The van der Waals surface area contributed by atoms with E-state index in [1.165, 1.54) is 21.8 Å². The van der Waals surface area contributed by atoms with Crippen molar-refractivity contribution in [1.29, 1.82) is 0 Å². The SMILES string of the molecule is O=C(OCCOCCOCCOCCOCCOCCOC(=O)c1cn(CCOCCOCCOCCOO)nn1)c1cn(CCOCCOO)nn1. The Kier molecular flexibility index (Phi) is 28.8. The molecule has 23 heteroatoms. The summed E-state index contributed by atoms with van der Waals surface area (Å²) in [4.78, 5) is 32.0. The van der Waals surface area contributed by atoms with Gasteiger partial charge in [-0.25, -0.2) is 28.7 Å². The van der Waals surface area contributed by atoms with E-state index in [1.807, 2.05) is 0 Å². The van der Waals surface area contributed by atoms with Crippen molar-refractivity contribution in [1.82, 2.24) is 30.0 Å². The first-order valence-corrected chi connectivity index (χ1v) is 17.0. The molecule has 0 fully saturated rings. The molecule has 0 saturated carbocycles. The van der Waals surface area contributed by atoms with Crippen LogP contribution in [0.5, 0.6) is 0 Å². The molecule has 2 N–H and O–H groups in total. The minimum absolute atomic E-state index is 0.0586. The fraction of sp³-hybridized carbons (Fsp3) is 0.800. The van der Waals surface area contributed by atoms with Gasteiger partial charge in [0.2, 0.25) is 0 Å². The number of ether oxygens (including phenoxy) is 11. The van der Waals surface area contributed by atoms with Gasteiger partial charge in [0.15, 0.2) is 11.4 Å². The topological polar surface area (TPSA) is 256 Å². The van der Waals surface area contributed by atoms with Gasteiger partial charge >= 0.3 is 11.9 Å². The highest BCUT2D eigenvalue weighted by Gasteiger charge is 2.13. The zero-order valence-electron chi connectivity index (χ0n) is 29.8. The Balaban J connectivity index is 1.28. The Morgan fingerprint density at radius 1 is 0.415 bits per heavy atom. The maximum absolute atomic E-state index is 12.1. The van der Waals surface area contributed by atoms with Crippen molar-refractivity contribution >= 4 is 11.9 Å². The normalized spacial score (nSPS) is 11.4. The number of carbonyl (C=O) groups is 2. The van der Waals surface area contributed by atoms with E-state index in [9.17, 15) is 9.59 Å². The van der Waals surface area contributed by atoms with E-state index in [0.717, 1.165) is 0 Å². The van der Waals surface area contributed by atoms with E-state index in [0.29, 0.717) is 106 Å². The molecule has 23 nitrogen and oxygen atoms in total. The van der Waals surface area contributed by atoms with Gasteiger partial charge in [0.05, 0.1) is 144 Å². The summed E-state index contributed by atoms with van der Waals surface area (Å²) in [6.45, 7) is 7.23. The molecule has 0 saturated heterocycles. The third kappa shape index (κ3) is 25.4. The lowest BCUT2D eigenvalue weighted by Crippen LogP contribution is -2.15. The summed E-state index contributed by atoms with van der Waals surface area (Å²) < 4.78 is 61.4. The standard InChI is InChI=1S/C30H52N6O17/c37-29(27-25-35(33-31-27)1-3-41-5-6-43-13-16-49-20-24-53-40)50-21-17-47-14-11-45-9-7-44-8-10-46-12-15-48-18-22-51-30(38)28-26-36(34-32-28)2-4-42-19-23-52-39/h25-26,39-40H,1-24H2. The molecule has 2 aromatic heterocycles. The van der Waals surface area contributed by atoms with E-state index in [1.54, 1.807) is 0 Å². The largest absolute Gasteiger partial charge is 0.458 e. The van der Waals surface area contributed by atoms with Crippen LogP contribution in [0.3, 0.4) is 0 Å². The second-order valence-electron chi connectivity index (χ2n) is 10.2. The number of aromatic nitrogens is 6. The molecule has 0 aliphatic heterocycles. The molecule has 0 radical (unpaired) electrons. The quantitative estimate of drug-likeness (QED) is 0.0360. The van der Waals surface area contributed by atoms with Gasteiger partial charge in [-0.2, -0.15) is 0 Å². The molecule has 0 spiro atoms. The fourth-order valence-corrected chi connectivity index (χ4v) is 3.67. The molecule has 2 aromatic rings. The first kappa shape index (κ1) is 45.9. The molecule has 0 atom stereocenters. The van der Waals surface area contributed by atoms with Gasteiger partial charge < -0.3 is 52.1 Å². The van der Waals surface area contributed by atoms with Gasteiger partial charge in [-0.15, -0.1) is 10.2 Å². The number of rotatable bonds is 38. The molecule has 0 aliphatic carbocycles. The summed E-state index contributed by atoms with van der Waals surface area (Å²) in [7, 11) is 0. The van der Waals surface area contributed by atoms with E-state index < -0.39 is 11.9 Å². The average molecular weight is 769 g/mol. The van der Waals surface area contributed by atoms with E-state index >= 15 is 0 Å². The highest BCUT2D eigenvalue weighted by molar-refractivity contribution is 5.87. The van der Waals surface area contributed by atoms with Crippen LogP contribution in [0.1, 0.15) is 21.0 Å². The number of hydrogen-bond donors (Lipinski definition) is 2. The maximum atomic E-state index is 12.1. The van der Waals surface area contributed by atoms with Crippen LogP contribution in [-0.4, -0.2) is 198 Å². The average Bonchev–Trinajstić information content (AvgIpc) is 3.85. The van der Waals surface area contributed by atoms with Gasteiger partial charge in [0, 0.05) is 0 Å². The second kappa shape index (κ2) is 33.3. The highest BCUT2D eigenvalue weighted by atomic mass is 17.1. The minimum Gasteiger partial charge on any atom is -0.458 e. The first-order chi connectivity index (χ1) is 26.1. The number of hydrogen-bond acceptors (Lipinski definition) is 21. The molecule has 0 unspecified atom stereocenters. The van der Waals surface area contributed by atoms with Crippen LogP contribution in [0.15, 0.2) is 12.4 Å². The molecule has 304 valence electrons. The monoisotopic (exact) mass is 768 g/mol. The van der Waals surface area contributed by atoms with Crippen LogP contribution in [0.25, 0.3) is 0 Å². The number of carbonyl (C=O) groups excluding carboxylic acids is 2. The number of nitrogens with zero attached hydrogens (tertiary/aromatic N) is 6. The summed E-state index contributed by atoms with van der Waals surface area (Å²) in [5.41, 5.74) is 0.164. The Bertz CT molecular complexity index is 1160. The van der Waals surface area contributed by atoms with Crippen LogP contribution in [0.2, 0.25) is 0 Å². The van der Waals surface area contributed by atoms with Crippen molar-refractivity contribution in [3.63, 3.8) is 0 Å². The number of esters is 2. The third-order valence-electron chi connectivity index (χ3n) is 6.22. The molecule has 0 amide bonds. The van der Waals surface area contributed by atoms with Crippen LogP contribution in [-0.2, 0) is 75.0 Å². The highest BCUT2D eigenvalue weighted by Crippen LogP contribution is 1.99. The minimum atomic E-state index is -0.609. The van der Waals surface area contributed by atoms with Gasteiger partial charge in [-0.3, -0.25) is 10.5 Å². The summed E-state index contributed by atoms with van der Waals surface area (Å²) in [5.74, 6) is -1.21. The van der Waals surface area contributed by atoms with E-state index in [-0.39, 0.29) is 64.2 Å². The molecule has 2 heterocycles. The lowest BCUT2D eigenvalue weighted by molar-refractivity contribution is -0.249. The van der Waals surface area contributed by atoms with Gasteiger partial charge in [0.1, 0.15) is 26.4 Å². The summed E-state index contributed by atoms with van der Waals surface area (Å²) in [6, 6.07) is 0. The smallest absolute Gasteiger partial charge is 0.360 e. The Hall–Kier alpha value is -3.30. The molecule has 0 aliphatic rings. The van der Waals surface area contributed by atoms with Gasteiger partial charge in [-0.05, 0) is 0 Å². The summed E-state index contributed by atoms with van der Waals surface area (Å²) in [6.07, 6.45) is 2.94. The predicted molar refractivity (Wildman–Crippen MR) is 175 cm³/mol. The second-order valence-corrected chi connectivity index (χ2v) is 10.2. The van der Waals surface area contributed by atoms with Crippen molar-refractivity contribution in [3.05, 3.63) is 23.8 Å². The van der Waals surface area contributed by atoms with Crippen molar-refractivity contribution in [2.75, 3.05) is 145 Å². The van der Waals surface area contributed by atoms with Gasteiger partial charge in [-0.1, -0.05) is 10.4 Å². The molecule has 0 aromatic carbocycles. The summed E-state index contributed by atoms with van der Waals surface area (Å²) >= 11 is 0. The zero-order valence-corrected chi connectivity index (χ0v) is 29.8. The molecule has 53 heavy (non-hydrogen) atoms. The predicted octanol–water partition coefficient (Wildman–Crippen LogP) is -0.988. The van der Waals surface area contributed by atoms with Crippen molar-refractivity contribution in [2.24, 2.45) is 0 Å². The van der Waals surface area contributed by atoms with E-state index in [4.69, 9.17) is 62.6 Å². The fourth-order valence-electron chi connectivity index (χ4n) is 3.67. The van der Waals surface area contributed by atoms with E-state index in [2.05, 4.69) is 30.4 Å². The first-order valence-electron chi connectivity index (χ1n) is 17.0. The maximum Gasteiger partial charge on any atom is 0.360 e. The van der Waals surface area contributed by atoms with Crippen LogP contribution in [0, 0.1) is 0 Å². The van der Waals surface area contributed by atoms with Crippen molar-refractivity contribution in [3.8, 4) is 0 Å². The van der Waals surface area contributed by atoms with Crippen molar-refractivity contribution in [2.45, 2.75) is 13.1 Å². The van der Waals surface area contributed by atoms with Crippen LogP contribution >= 0.6 is 0 Å². The molecular weight excluding hydrogens is 716 g/mol. The van der Waals surface area contributed by atoms with Crippen molar-refractivity contribution < 1.29 is 82.0 Å². The Labute approximate surface area is 306 Å². The Morgan fingerprint density at radius 2 is 0.679 bits per heavy atom. The molecule has 0 bridgehead atoms. The lowest BCUT2D eigenvalue weighted by atomic mass is 10.5. The lowest BCUT2D eigenvalue weighted by Gasteiger charge is -2.08. The third-order valence-corrected chi connectivity index (χ3v) is 6.22. The summed E-state index contributed by atoms with van der Waals surface area (Å²) in [5, 5.41) is 31.7. The zero-order chi connectivity index (χ0) is 37.9.